The second-order valence-electron chi connectivity index (χ2n) is 5.19. The first-order chi connectivity index (χ1) is 10.3. The Morgan fingerprint density at radius 2 is 1.68 bits per heavy atom. The number of para-hydroxylation sites is 1. The number of sulfonamides is 1. The van der Waals surface area contributed by atoms with Gasteiger partial charge in [0, 0.05) is 5.69 Å². The van der Waals surface area contributed by atoms with Crippen LogP contribution in [0.25, 0.3) is 0 Å². The van der Waals surface area contributed by atoms with Gasteiger partial charge in [0.05, 0.1) is 17.5 Å². The number of rotatable bonds is 4. The van der Waals surface area contributed by atoms with E-state index < -0.39 is 10.0 Å². The van der Waals surface area contributed by atoms with E-state index in [9.17, 15) is 13.2 Å². The second kappa shape index (κ2) is 6.19. The molecule has 116 valence electrons. The smallest absolute Gasteiger partial charge is 0.257 e. The molecule has 0 aromatic heterocycles. The second-order valence-corrected chi connectivity index (χ2v) is 6.94. The predicted octanol–water partition coefficient (Wildman–Crippen LogP) is 2.93. The minimum atomic E-state index is -3.45. The summed E-state index contributed by atoms with van der Waals surface area (Å²) < 4.78 is 25.1. The summed E-state index contributed by atoms with van der Waals surface area (Å²) in [7, 11) is -3.45. The van der Waals surface area contributed by atoms with Gasteiger partial charge in [-0.25, -0.2) is 8.42 Å². The van der Waals surface area contributed by atoms with Crippen molar-refractivity contribution in [3.05, 3.63) is 59.2 Å². The third-order valence-corrected chi connectivity index (χ3v) is 3.70. The Morgan fingerprint density at radius 3 is 2.36 bits per heavy atom. The van der Waals surface area contributed by atoms with Crippen LogP contribution in [0.2, 0.25) is 0 Å². The normalized spacial score (nSPS) is 11.0. The molecule has 0 radical (unpaired) electrons. The van der Waals surface area contributed by atoms with Crippen LogP contribution in [0, 0.1) is 13.8 Å². The summed E-state index contributed by atoms with van der Waals surface area (Å²) in [6, 6.07) is 12.2. The van der Waals surface area contributed by atoms with E-state index in [0.29, 0.717) is 5.69 Å². The standard InChI is InChI=1S/C16H18N2O3S/c1-11-8-9-12(2)15(10-11)17-16(19)13-6-4-5-7-14(13)18-22(3,20)21/h4-10,18H,1-3H3,(H,17,19). The summed E-state index contributed by atoms with van der Waals surface area (Å²) in [6.07, 6.45) is 1.05. The Hall–Kier alpha value is -2.34. The molecular weight excluding hydrogens is 300 g/mol. The molecule has 2 rings (SSSR count). The van der Waals surface area contributed by atoms with E-state index in [0.717, 1.165) is 17.4 Å². The lowest BCUT2D eigenvalue weighted by Crippen LogP contribution is -2.17. The van der Waals surface area contributed by atoms with Gasteiger partial charge in [-0.15, -0.1) is 0 Å². The largest absolute Gasteiger partial charge is 0.322 e. The number of carbonyl (C=O) groups is 1. The van der Waals surface area contributed by atoms with Crippen molar-refractivity contribution in [3.63, 3.8) is 0 Å². The van der Waals surface area contributed by atoms with Crippen molar-refractivity contribution in [2.75, 3.05) is 16.3 Å². The number of amides is 1. The number of aryl methyl sites for hydroxylation is 2. The lowest BCUT2D eigenvalue weighted by molar-refractivity contribution is 0.102. The number of hydrogen-bond donors (Lipinski definition) is 2. The minimum absolute atomic E-state index is 0.257. The van der Waals surface area contributed by atoms with Gasteiger partial charge in [0.15, 0.2) is 0 Å². The van der Waals surface area contributed by atoms with Crippen LogP contribution in [-0.4, -0.2) is 20.6 Å². The van der Waals surface area contributed by atoms with E-state index >= 15 is 0 Å². The Morgan fingerprint density at radius 1 is 1.00 bits per heavy atom. The zero-order chi connectivity index (χ0) is 16.3. The van der Waals surface area contributed by atoms with Crippen molar-refractivity contribution in [2.45, 2.75) is 13.8 Å². The molecule has 0 bridgehead atoms. The van der Waals surface area contributed by atoms with Gasteiger partial charge in [0.25, 0.3) is 5.91 Å². The quantitative estimate of drug-likeness (QED) is 0.910. The van der Waals surface area contributed by atoms with Crippen molar-refractivity contribution in [1.29, 1.82) is 0 Å². The lowest BCUT2D eigenvalue weighted by Gasteiger charge is -2.12. The fourth-order valence-electron chi connectivity index (χ4n) is 2.03. The van der Waals surface area contributed by atoms with E-state index in [2.05, 4.69) is 10.0 Å². The third-order valence-electron chi connectivity index (χ3n) is 3.11. The van der Waals surface area contributed by atoms with Gasteiger partial charge in [-0.3, -0.25) is 9.52 Å². The maximum atomic E-state index is 12.4. The molecule has 6 heteroatoms. The first-order valence-electron chi connectivity index (χ1n) is 6.72. The number of carbonyl (C=O) groups excluding carboxylic acids is 1. The van der Waals surface area contributed by atoms with Crippen LogP contribution in [0.4, 0.5) is 11.4 Å². The average molecular weight is 318 g/mol. The van der Waals surface area contributed by atoms with E-state index in [1.54, 1.807) is 24.3 Å². The molecule has 0 aliphatic heterocycles. The summed E-state index contributed by atoms with van der Waals surface area (Å²) in [5.41, 5.74) is 3.21. The topological polar surface area (TPSA) is 75.3 Å². The molecule has 0 saturated heterocycles. The summed E-state index contributed by atoms with van der Waals surface area (Å²) in [5.74, 6) is -0.361. The molecule has 5 nitrogen and oxygen atoms in total. The first-order valence-corrected chi connectivity index (χ1v) is 8.61. The van der Waals surface area contributed by atoms with Crippen LogP contribution in [0.1, 0.15) is 21.5 Å². The summed E-state index contributed by atoms with van der Waals surface area (Å²) in [4.78, 5) is 12.4. The van der Waals surface area contributed by atoms with Crippen molar-refractivity contribution in [3.8, 4) is 0 Å². The molecule has 0 heterocycles. The zero-order valence-corrected chi connectivity index (χ0v) is 13.5. The molecule has 1 amide bonds. The molecule has 22 heavy (non-hydrogen) atoms. The number of benzene rings is 2. The Labute approximate surface area is 130 Å². The van der Waals surface area contributed by atoms with Crippen LogP contribution in [0.15, 0.2) is 42.5 Å². The van der Waals surface area contributed by atoms with Crippen LogP contribution in [0.3, 0.4) is 0 Å². The highest BCUT2D eigenvalue weighted by atomic mass is 32.2. The van der Waals surface area contributed by atoms with Crippen molar-refractivity contribution in [2.24, 2.45) is 0 Å². The van der Waals surface area contributed by atoms with Crippen LogP contribution in [0.5, 0.6) is 0 Å². The molecule has 0 aliphatic carbocycles. The fraction of sp³-hybridized carbons (Fsp3) is 0.188. The maximum Gasteiger partial charge on any atom is 0.257 e. The van der Waals surface area contributed by atoms with Crippen LogP contribution >= 0.6 is 0 Å². The molecule has 0 aliphatic rings. The van der Waals surface area contributed by atoms with Crippen molar-refractivity contribution >= 4 is 27.3 Å². The number of nitrogens with one attached hydrogen (secondary N) is 2. The summed E-state index contributed by atoms with van der Waals surface area (Å²) in [6.45, 7) is 3.84. The zero-order valence-electron chi connectivity index (χ0n) is 12.7. The highest BCUT2D eigenvalue weighted by Crippen LogP contribution is 2.21. The Balaban J connectivity index is 2.32. The van der Waals surface area contributed by atoms with E-state index in [1.165, 1.54) is 0 Å². The Bertz CT molecular complexity index is 814. The summed E-state index contributed by atoms with van der Waals surface area (Å²) in [5, 5.41) is 2.82. The fourth-order valence-corrected chi connectivity index (χ4v) is 2.61. The molecule has 0 saturated carbocycles. The molecule has 2 aromatic carbocycles. The van der Waals surface area contributed by atoms with E-state index in [4.69, 9.17) is 0 Å². The average Bonchev–Trinajstić information content (AvgIpc) is 2.41. The van der Waals surface area contributed by atoms with E-state index in [-0.39, 0.29) is 17.2 Å². The van der Waals surface area contributed by atoms with Gasteiger partial charge in [-0.2, -0.15) is 0 Å². The van der Waals surface area contributed by atoms with Crippen LogP contribution in [-0.2, 0) is 10.0 Å². The molecule has 0 atom stereocenters. The van der Waals surface area contributed by atoms with Gasteiger partial charge >= 0.3 is 0 Å². The minimum Gasteiger partial charge on any atom is -0.322 e. The predicted molar refractivity (Wildman–Crippen MR) is 88.8 cm³/mol. The molecule has 0 fully saturated rings. The number of anilines is 2. The van der Waals surface area contributed by atoms with Gasteiger partial charge in [-0.1, -0.05) is 24.3 Å². The SMILES string of the molecule is Cc1ccc(C)c(NC(=O)c2ccccc2NS(C)(=O)=O)c1. The van der Waals surface area contributed by atoms with Gasteiger partial charge in [0.2, 0.25) is 10.0 Å². The highest BCUT2D eigenvalue weighted by Gasteiger charge is 2.14. The molecule has 2 N–H and O–H groups in total. The van der Waals surface area contributed by atoms with Gasteiger partial charge < -0.3 is 5.32 Å². The molecule has 0 spiro atoms. The van der Waals surface area contributed by atoms with Crippen LogP contribution < -0.4 is 10.0 Å². The molecule has 0 unspecified atom stereocenters. The first kappa shape index (κ1) is 16.0. The highest BCUT2D eigenvalue weighted by molar-refractivity contribution is 7.92. The van der Waals surface area contributed by atoms with E-state index in [1.807, 2.05) is 32.0 Å². The monoisotopic (exact) mass is 318 g/mol. The number of hydrogen-bond acceptors (Lipinski definition) is 3. The lowest BCUT2D eigenvalue weighted by atomic mass is 10.1. The summed E-state index contributed by atoms with van der Waals surface area (Å²) >= 11 is 0. The molecular formula is C16H18N2O3S. The maximum absolute atomic E-state index is 12.4. The Kier molecular flexibility index (Phi) is 4.51. The molecule has 2 aromatic rings. The third kappa shape index (κ3) is 4.08. The van der Waals surface area contributed by atoms with Crippen molar-refractivity contribution < 1.29 is 13.2 Å². The van der Waals surface area contributed by atoms with Gasteiger partial charge in [0.1, 0.15) is 0 Å². The van der Waals surface area contributed by atoms with Gasteiger partial charge in [-0.05, 0) is 43.2 Å². The van der Waals surface area contributed by atoms with Crippen molar-refractivity contribution in [1.82, 2.24) is 0 Å².